The van der Waals surface area contributed by atoms with E-state index >= 15 is 0 Å². The van der Waals surface area contributed by atoms with Gasteiger partial charge in [-0.2, -0.15) is 0 Å². The van der Waals surface area contributed by atoms with Crippen molar-refractivity contribution in [1.29, 1.82) is 0 Å². The smallest absolute Gasteiger partial charge is 0.414 e. The molecule has 0 unspecified atom stereocenters. The quantitative estimate of drug-likeness (QED) is 0.542. The summed E-state index contributed by atoms with van der Waals surface area (Å²) in [5.74, 6) is 0.313. The molecule has 2 rings (SSSR count). The molecule has 7 nitrogen and oxygen atoms in total. The molecule has 1 aliphatic carbocycles. The minimum atomic E-state index is -0.605. The molecule has 178 valence electrons. The molecular weight excluding hydrogens is 408 g/mol. The fourth-order valence-electron chi connectivity index (χ4n) is 3.64. The zero-order valence-corrected chi connectivity index (χ0v) is 20.3. The normalized spacial score (nSPS) is 14.7. The number of alkyl carbamates (subject to hydrolysis) is 1. The van der Waals surface area contributed by atoms with Crippen molar-refractivity contribution in [3.05, 3.63) is 29.8 Å². The molecule has 1 aromatic carbocycles. The highest BCUT2D eigenvalue weighted by molar-refractivity contribution is 5.98. The molecule has 0 saturated heterocycles. The third-order valence-electron chi connectivity index (χ3n) is 5.03. The van der Waals surface area contributed by atoms with Gasteiger partial charge in [-0.05, 0) is 72.4 Å². The van der Waals surface area contributed by atoms with Gasteiger partial charge in [-0.25, -0.2) is 9.59 Å². The Morgan fingerprint density at radius 1 is 1.00 bits per heavy atom. The average Bonchev–Trinajstić information content (AvgIpc) is 3.16. The third kappa shape index (κ3) is 8.89. The molecule has 0 radical (unpaired) electrons. The summed E-state index contributed by atoms with van der Waals surface area (Å²) in [6, 6.07) is 7.06. The number of ketones is 1. The third-order valence-corrected chi connectivity index (χ3v) is 5.03. The molecule has 7 heteroatoms. The lowest BCUT2D eigenvalue weighted by atomic mass is 10.1. The van der Waals surface area contributed by atoms with Crippen molar-refractivity contribution in [3.8, 4) is 0 Å². The van der Waals surface area contributed by atoms with Crippen LogP contribution in [-0.4, -0.2) is 42.3 Å². The summed E-state index contributed by atoms with van der Waals surface area (Å²) in [6.07, 6.45) is 3.72. The van der Waals surface area contributed by atoms with Crippen molar-refractivity contribution in [2.45, 2.75) is 84.8 Å². The first-order valence-electron chi connectivity index (χ1n) is 11.4. The zero-order chi connectivity index (χ0) is 23.9. The van der Waals surface area contributed by atoms with Crippen LogP contribution in [-0.2, 0) is 9.47 Å². The number of anilines is 1. The van der Waals surface area contributed by atoms with E-state index in [2.05, 4.69) is 5.32 Å². The van der Waals surface area contributed by atoms with Crippen LogP contribution in [0.3, 0.4) is 0 Å². The van der Waals surface area contributed by atoms with Crippen LogP contribution in [0, 0.1) is 5.92 Å². The Labute approximate surface area is 191 Å². The Morgan fingerprint density at radius 3 is 2.22 bits per heavy atom. The van der Waals surface area contributed by atoms with Gasteiger partial charge in [0, 0.05) is 30.8 Å². The first-order chi connectivity index (χ1) is 14.8. The Kier molecular flexibility index (Phi) is 8.70. The van der Waals surface area contributed by atoms with Gasteiger partial charge in [-0.3, -0.25) is 9.69 Å². The predicted octanol–water partition coefficient (Wildman–Crippen LogP) is 5.72. The van der Waals surface area contributed by atoms with E-state index in [0.717, 1.165) is 12.8 Å². The number of nitrogens with one attached hydrogen (secondary N) is 1. The maximum absolute atomic E-state index is 12.9. The van der Waals surface area contributed by atoms with Gasteiger partial charge in [0.1, 0.15) is 11.2 Å². The van der Waals surface area contributed by atoms with Crippen LogP contribution < -0.4 is 10.2 Å². The number of amides is 2. The lowest BCUT2D eigenvalue weighted by molar-refractivity contribution is 0.0524. The van der Waals surface area contributed by atoms with Crippen LogP contribution in [0.1, 0.15) is 84.0 Å². The molecule has 1 aliphatic rings. The summed E-state index contributed by atoms with van der Waals surface area (Å²) in [5.41, 5.74) is -0.0518. The van der Waals surface area contributed by atoms with Gasteiger partial charge in [0.25, 0.3) is 0 Å². The number of carbonyl (C=O) groups is 3. The van der Waals surface area contributed by atoms with Crippen molar-refractivity contribution >= 4 is 23.7 Å². The highest BCUT2D eigenvalue weighted by Gasteiger charge is 2.28. The van der Waals surface area contributed by atoms with E-state index in [1.54, 1.807) is 43.9 Å². The van der Waals surface area contributed by atoms with Gasteiger partial charge in [0.15, 0.2) is 5.78 Å². The van der Waals surface area contributed by atoms with Gasteiger partial charge >= 0.3 is 12.2 Å². The van der Waals surface area contributed by atoms with E-state index in [4.69, 9.17) is 9.47 Å². The SMILES string of the molecule is CC(C)(C)OC(=O)NCCC(=O)c1cccc(N(CC2CCCC2)C(=O)OC(C)(C)C)c1. The van der Waals surface area contributed by atoms with Gasteiger partial charge in [0.05, 0.1) is 0 Å². The zero-order valence-electron chi connectivity index (χ0n) is 20.3. The standard InChI is InChI=1S/C25H38N2O5/c1-24(2,3)31-22(29)26-15-14-21(28)19-12-9-13-20(16-19)27(17-18-10-7-8-11-18)23(30)32-25(4,5)6/h9,12-13,16,18H,7-8,10-11,14-15,17H2,1-6H3,(H,26,29). The lowest BCUT2D eigenvalue weighted by Gasteiger charge is -2.29. The molecule has 0 bridgehead atoms. The van der Waals surface area contributed by atoms with Crippen molar-refractivity contribution in [2.75, 3.05) is 18.0 Å². The van der Waals surface area contributed by atoms with Crippen molar-refractivity contribution in [2.24, 2.45) is 5.92 Å². The first kappa shape index (κ1) is 25.7. The van der Waals surface area contributed by atoms with Crippen molar-refractivity contribution in [3.63, 3.8) is 0 Å². The number of Topliss-reactive ketones (excluding diaryl/α,β-unsaturated/α-hetero) is 1. The highest BCUT2D eigenvalue weighted by Crippen LogP contribution is 2.29. The molecule has 1 saturated carbocycles. The molecule has 2 amide bonds. The minimum Gasteiger partial charge on any atom is -0.444 e. The Bertz CT molecular complexity index is 801. The van der Waals surface area contributed by atoms with Crippen LogP contribution in [0.5, 0.6) is 0 Å². The summed E-state index contributed by atoms with van der Waals surface area (Å²) >= 11 is 0. The fraction of sp³-hybridized carbons (Fsp3) is 0.640. The van der Waals surface area contributed by atoms with E-state index in [9.17, 15) is 14.4 Å². The van der Waals surface area contributed by atoms with Crippen LogP contribution in [0.25, 0.3) is 0 Å². The number of carbonyl (C=O) groups excluding carboxylic acids is 3. The number of hydrogen-bond donors (Lipinski definition) is 1. The molecule has 0 aliphatic heterocycles. The van der Waals surface area contributed by atoms with E-state index in [-0.39, 0.29) is 18.7 Å². The second-order valence-electron chi connectivity index (χ2n) is 10.4. The molecule has 32 heavy (non-hydrogen) atoms. The van der Waals surface area contributed by atoms with E-state index in [1.165, 1.54) is 12.8 Å². The van der Waals surface area contributed by atoms with Gasteiger partial charge in [-0.15, -0.1) is 0 Å². The number of benzene rings is 1. The van der Waals surface area contributed by atoms with Gasteiger partial charge in [0.2, 0.25) is 0 Å². The second kappa shape index (κ2) is 10.8. The summed E-state index contributed by atoms with van der Waals surface area (Å²) < 4.78 is 10.8. The molecule has 0 heterocycles. The molecule has 1 fully saturated rings. The predicted molar refractivity (Wildman–Crippen MR) is 125 cm³/mol. The van der Waals surface area contributed by atoms with Crippen LogP contribution in [0.4, 0.5) is 15.3 Å². The average molecular weight is 447 g/mol. The number of rotatable bonds is 7. The molecule has 0 spiro atoms. The second-order valence-corrected chi connectivity index (χ2v) is 10.4. The van der Waals surface area contributed by atoms with Crippen LogP contribution in [0.2, 0.25) is 0 Å². The van der Waals surface area contributed by atoms with Gasteiger partial charge < -0.3 is 14.8 Å². The Balaban J connectivity index is 2.07. The maximum atomic E-state index is 12.9. The number of ether oxygens (including phenoxy) is 2. The lowest BCUT2D eigenvalue weighted by Crippen LogP contribution is -2.39. The molecule has 1 N–H and O–H groups in total. The maximum Gasteiger partial charge on any atom is 0.414 e. The molecule has 0 aromatic heterocycles. The summed E-state index contributed by atoms with van der Waals surface area (Å²) in [7, 11) is 0. The van der Waals surface area contributed by atoms with Crippen molar-refractivity contribution < 1.29 is 23.9 Å². The monoisotopic (exact) mass is 446 g/mol. The topological polar surface area (TPSA) is 84.9 Å². The fourth-order valence-corrected chi connectivity index (χ4v) is 3.64. The minimum absolute atomic E-state index is 0.118. The van der Waals surface area contributed by atoms with E-state index < -0.39 is 23.4 Å². The van der Waals surface area contributed by atoms with Crippen LogP contribution in [0.15, 0.2) is 24.3 Å². The van der Waals surface area contributed by atoms with E-state index in [1.807, 2.05) is 26.8 Å². The Hall–Kier alpha value is -2.57. The van der Waals surface area contributed by atoms with E-state index in [0.29, 0.717) is 23.7 Å². The first-order valence-corrected chi connectivity index (χ1v) is 11.4. The molecular formula is C25H38N2O5. The Morgan fingerprint density at radius 2 is 1.62 bits per heavy atom. The number of nitrogens with zero attached hydrogens (tertiary/aromatic N) is 1. The molecule has 0 atom stereocenters. The number of hydrogen-bond acceptors (Lipinski definition) is 5. The summed E-state index contributed by atoms with van der Waals surface area (Å²) in [4.78, 5) is 39.1. The van der Waals surface area contributed by atoms with Crippen LogP contribution >= 0.6 is 0 Å². The largest absolute Gasteiger partial charge is 0.444 e. The summed E-state index contributed by atoms with van der Waals surface area (Å²) in [5, 5.41) is 2.60. The molecule has 1 aromatic rings. The summed E-state index contributed by atoms with van der Waals surface area (Å²) in [6.45, 7) is 11.6. The van der Waals surface area contributed by atoms with Crippen molar-refractivity contribution in [1.82, 2.24) is 5.32 Å². The highest BCUT2D eigenvalue weighted by atomic mass is 16.6. The van der Waals surface area contributed by atoms with Gasteiger partial charge in [-0.1, -0.05) is 25.0 Å².